The van der Waals surface area contributed by atoms with Crippen LogP contribution < -0.4 is 0 Å². The molecular formula is C13H21NO4. The quantitative estimate of drug-likeness (QED) is 0.686. The van der Waals surface area contributed by atoms with Crippen molar-refractivity contribution in [3.8, 4) is 0 Å². The van der Waals surface area contributed by atoms with E-state index in [1.54, 1.807) is 4.90 Å². The van der Waals surface area contributed by atoms with Crippen LogP contribution in [0.4, 0.5) is 0 Å². The number of ether oxygens (including phenoxy) is 2. The minimum atomic E-state index is -0.205. The Labute approximate surface area is 107 Å². The normalized spacial score (nSPS) is 32.3. The van der Waals surface area contributed by atoms with Gasteiger partial charge in [-0.1, -0.05) is 0 Å². The van der Waals surface area contributed by atoms with Gasteiger partial charge >= 0.3 is 5.97 Å². The minimum Gasteiger partial charge on any atom is -0.469 e. The lowest BCUT2D eigenvalue weighted by atomic mass is 9.95. The summed E-state index contributed by atoms with van der Waals surface area (Å²) in [4.78, 5) is 25.7. The summed E-state index contributed by atoms with van der Waals surface area (Å²) in [5.74, 6) is -0.274. The molecule has 0 N–H and O–H groups in total. The van der Waals surface area contributed by atoms with Crippen molar-refractivity contribution in [2.24, 2.45) is 11.8 Å². The SMILES string of the molecule is COC(=O)[C@H]1CCCN(C(=O)C2CCOC2C)C1. The summed E-state index contributed by atoms with van der Waals surface area (Å²) < 4.78 is 10.2. The van der Waals surface area contributed by atoms with E-state index in [1.165, 1.54) is 7.11 Å². The molecule has 2 unspecified atom stereocenters. The van der Waals surface area contributed by atoms with Gasteiger partial charge in [0.1, 0.15) is 0 Å². The lowest BCUT2D eigenvalue weighted by Crippen LogP contribution is -2.46. The zero-order chi connectivity index (χ0) is 13.1. The molecule has 2 saturated heterocycles. The van der Waals surface area contributed by atoms with E-state index in [2.05, 4.69) is 0 Å². The van der Waals surface area contributed by atoms with E-state index >= 15 is 0 Å². The number of amides is 1. The Bertz CT molecular complexity index is 331. The number of piperidine rings is 1. The van der Waals surface area contributed by atoms with Gasteiger partial charge in [-0.15, -0.1) is 0 Å². The predicted octanol–water partition coefficient (Wildman–Crippen LogP) is 0.823. The largest absolute Gasteiger partial charge is 0.469 e. The second-order valence-corrected chi connectivity index (χ2v) is 5.12. The average molecular weight is 255 g/mol. The predicted molar refractivity (Wildman–Crippen MR) is 64.8 cm³/mol. The number of hydrogen-bond acceptors (Lipinski definition) is 4. The number of nitrogens with zero attached hydrogens (tertiary/aromatic N) is 1. The number of carbonyl (C=O) groups is 2. The second-order valence-electron chi connectivity index (χ2n) is 5.12. The molecule has 102 valence electrons. The third-order valence-electron chi connectivity index (χ3n) is 3.96. The van der Waals surface area contributed by atoms with Crippen LogP contribution in [0.3, 0.4) is 0 Å². The molecule has 5 heteroatoms. The zero-order valence-corrected chi connectivity index (χ0v) is 11.1. The van der Waals surface area contributed by atoms with Crippen LogP contribution in [0.5, 0.6) is 0 Å². The molecule has 0 bridgehead atoms. The maximum atomic E-state index is 12.4. The zero-order valence-electron chi connectivity index (χ0n) is 11.1. The van der Waals surface area contributed by atoms with Crippen LogP contribution in [0.15, 0.2) is 0 Å². The summed E-state index contributed by atoms with van der Waals surface area (Å²) >= 11 is 0. The third kappa shape index (κ3) is 2.66. The third-order valence-corrected chi connectivity index (χ3v) is 3.96. The highest BCUT2D eigenvalue weighted by Gasteiger charge is 2.36. The van der Waals surface area contributed by atoms with Crippen molar-refractivity contribution in [1.82, 2.24) is 4.90 Å². The fraction of sp³-hybridized carbons (Fsp3) is 0.846. The van der Waals surface area contributed by atoms with Gasteiger partial charge in [0.2, 0.25) is 5.91 Å². The average Bonchev–Trinajstić information content (AvgIpc) is 2.83. The van der Waals surface area contributed by atoms with E-state index in [4.69, 9.17) is 9.47 Å². The molecule has 18 heavy (non-hydrogen) atoms. The Morgan fingerprint density at radius 3 is 2.72 bits per heavy atom. The first-order chi connectivity index (χ1) is 8.63. The van der Waals surface area contributed by atoms with Crippen LogP contribution in [0.2, 0.25) is 0 Å². The summed E-state index contributed by atoms with van der Waals surface area (Å²) in [6.07, 6.45) is 2.47. The van der Waals surface area contributed by atoms with E-state index < -0.39 is 0 Å². The Balaban J connectivity index is 1.96. The molecule has 0 aliphatic carbocycles. The molecule has 2 aliphatic rings. The summed E-state index contributed by atoms with van der Waals surface area (Å²) in [6.45, 7) is 3.84. The highest BCUT2D eigenvalue weighted by Crippen LogP contribution is 2.26. The molecule has 0 aromatic carbocycles. The van der Waals surface area contributed by atoms with Crippen molar-refractivity contribution in [2.45, 2.75) is 32.3 Å². The first-order valence-corrected chi connectivity index (χ1v) is 6.61. The summed E-state index contributed by atoms with van der Waals surface area (Å²) in [6, 6.07) is 0. The van der Waals surface area contributed by atoms with Gasteiger partial charge in [0.15, 0.2) is 0 Å². The van der Waals surface area contributed by atoms with Crippen molar-refractivity contribution in [1.29, 1.82) is 0 Å². The van der Waals surface area contributed by atoms with Crippen molar-refractivity contribution in [2.75, 3.05) is 26.8 Å². The van der Waals surface area contributed by atoms with E-state index in [1.807, 2.05) is 6.92 Å². The van der Waals surface area contributed by atoms with Gasteiger partial charge in [-0.25, -0.2) is 0 Å². The number of methoxy groups -OCH3 is 1. The first-order valence-electron chi connectivity index (χ1n) is 6.61. The van der Waals surface area contributed by atoms with Gasteiger partial charge in [0.25, 0.3) is 0 Å². The molecule has 2 aliphatic heterocycles. The molecule has 3 atom stereocenters. The monoisotopic (exact) mass is 255 g/mol. The van der Waals surface area contributed by atoms with E-state index in [0.717, 1.165) is 25.8 Å². The van der Waals surface area contributed by atoms with Gasteiger partial charge in [0.05, 0.1) is 25.0 Å². The van der Waals surface area contributed by atoms with Crippen LogP contribution in [-0.4, -0.2) is 49.7 Å². The van der Waals surface area contributed by atoms with Crippen LogP contribution in [0.25, 0.3) is 0 Å². The molecule has 2 rings (SSSR count). The van der Waals surface area contributed by atoms with Crippen molar-refractivity contribution in [3.63, 3.8) is 0 Å². The molecule has 2 heterocycles. The smallest absolute Gasteiger partial charge is 0.310 e. The minimum absolute atomic E-state index is 0.00370. The maximum absolute atomic E-state index is 12.4. The lowest BCUT2D eigenvalue weighted by molar-refractivity contribution is -0.150. The fourth-order valence-electron chi connectivity index (χ4n) is 2.83. The van der Waals surface area contributed by atoms with E-state index in [9.17, 15) is 9.59 Å². The Morgan fingerprint density at radius 2 is 2.11 bits per heavy atom. The van der Waals surface area contributed by atoms with Gasteiger partial charge in [0, 0.05) is 19.7 Å². The molecule has 0 saturated carbocycles. The van der Waals surface area contributed by atoms with Gasteiger partial charge in [-0.05, 0) is 26.2 Å². The van der Waals surface area contributed by atoms with Crippen LogP contribution in [0, 0.1) is 11.8 Å². The molecule has 0 aromatic heterocycles. The number of rotatable bonds is 2. The molecule has 1 amide bonds. The second kappa shape index (κ2) is 5.69. The van der Waals surface area contributed by atoms with Crippen LogP contribution >= 0.6 is 0 Å². The van der Waals surface area contributed by atoms with Crippen molar-refractivity contribution < 1.29 is 19.1 Å². The van der Waals surface area contributed by atoms with Crippen molar-refractivity contribution in [3.05, 3.63) is 0 Å². The van der Waals surface area contributed by atoms with Crippen LogP contribution in [-0.2, 0) is 19.1 Å². The van der Waals surface area contributed by atoms with E-state index in [-0.39, 0.29) is 29.8 Å². The number of hydrogen-bond donors (Lipinski definition) is 0. The number of likely N-dealkylation sites (tertiary alicyclic amines) is 1. The molecule has 2 fully saturated rings. The standard InChI is InChI=1S/C13H21NO4/c1-9-11(5-7-18-9)12(15)14-6-3-4-10(8-14)13(16)17-2/h9-11H,3-8H2,1-2H3/t9?,10-,11?/m0/s1. The van der Waals surface area contributed by atoms with E-state index in [0.29, 0.717) is 13.2 Å². The fourth-order valence-corrected chi connectivity index (χ4v) is 2.83. The maximum Gasteiger partial charge on any atom is 0.310 e. The number of esters is 1. The Morgan fingerprint density at radius 1 is 1.33 bits per heavy atom. The highest BCUT2D eigenvalue weighted by atomic mass is 16.5. The highest BCUT2D eigenvalue weighted by molar-refractivity contribution is 5.81. The molecule has 5 nitrogen and oxygen atoms in total. The number of carbonyl (C=O) groups excluding carboxylic acids is 2. The Hall–Kier alpha value is -1.10. The first kappa shape index (κ1) is 13.3. The van der Waals surface area contributed by atoms with Gasteiger partial charge in [-0.3, -0.25) is 9.59 Å². The topological polar surface area (TPSA) is 55.8 Å². The lowest BCUT2D eigenvalue weighted by Gasteiger charge is -2.33. The Kier molecular flexibility index (Phi) is 4.22. The molecular weight excluding hydrogens is 234 g/mol. The van der Waals surface area contributed by atoms with Crippen molar-refractivity contribution >= 4 is 11.9 Å². The molecule has 0 aromatic rings. The molecule has 0 radical (unpaired) electrons. The summed E-state index contributed by atoms with van der Waals surface area (Å²) in [5, 5.41) is 0. The summed E-state index contributed by atoms with van der Waals surface area (Å²) in [7, 11) is 1.40. The molecule has 0 spiro atoms. The van der Waals surface area contributed by atoms with Crippen LogP contribution in [0.1, 0.15) is 26.2 Å². The van der Waals surface area contributed by atoms with Gasteiger partial charge < -0.3 is 14.4 Å². The summed E-state index contributed by atoms with van der Waals surface area (Å²) in [5.41, 5.74) is 0. The van der Waals surface area contributed by atoms with Gasteiger partial charge in [-0.2, -0.15) is 0 Å².